The number of likely N-dealkylation sites (N-methyl/N-ethyl adjacent to an activating group) is 1. The van der Waals surface area contributed by atoms with Crippen LogP contribution < -0.4 is 5.32 Å². The van der Waals surface area contributed by atoms with E-state index in [1.807, 2.05) is 0 Å². The topological polar surface area (TPSA) is 21.8 Å². The Morgan fingerprint density at radius 3 is 2.33 bits per heavy atom. The first-order valence-corrected chi connectivity index (χ1v) is 7.38. The molecule has 18 heavy (non-hydrogen) atoms. The van der Waals surface area contributed by atoms with Gasteiger partial charge in [-0.25, -0.2) is 0 Å². The number of nitrogens with zero attached hydrogens (tertiary/aromatic N) is 3. The SMILES string of the molecule is CN(C)CCN1CCN(CC2(C)CCNC2)CC1. The van der Waals surface area contributed by atoms with Gasteiger partial charge in [-0.1, -0.05) is 6.92 Å². The maximum absolute atomic E-state index is 3.50. The molecule has 0 spiro atoms. The van der Waals surface area contributed by atoms with E-state index in [1.165, 1.54) is 65.3 Å². The van der Waals surface area contributed by atoms with Crippen LogP contribution in [0.15, 0.2) is 0 Å². The summed E-state index contributed by atoms with van der Waals surface area (Å²) in [7, 11) is 4.31. The second-order valence-electron chi connectivity index (χ2n) is 6.66. The standard InChI is InChI=1S/C14H30N4/c1-14(4-5-15-12-14)13-18-10-8-17(9-11-18)7-6-16(2)3/h15H,4-13H2,1-3H3. The molecule has 1 unspecified atom stereocenters. The molecule has 2 rings (SSSR count). The highest BCUT2D eigenvalue weighted by molar-refractivity contribution is 4.88. The van der Waals surface area contributed by atoms with E-state index in [2.05, 4.69) is 41.0 Å². The zero-order chi connectivity index (χ0) is 13.0. The third-order valence-corrected chi connectivity index (χ3v) is 4.39. The summed E-state index contributed by atoms with van der Waals surface area (Å²) in [5.74, 6) is 0. The van der Waals surface area contributed by atoms with Crippen LogP contribution in [0.1, 0.15) is 13.3 Å². The van der Waals surface area contributed by atoms with Crippen molar-refractivity contribution in [1.29, 1.82) is 0 Å². The summed E-state index contributed by atoms with van der Waals surface area (Å²) < 4.78 is 0. The normalized spacial score (nSPS) is 31.3. The highest BCUT2D eigenvalue weighted by Crippen LogP contribution is 2.26. The largest absolute Gasteiger partial charge is 0.316 e. The third kappa shape index (κ3) is 4.19. The molecule has 2 heterocycles. The second-order valence-corrected chi connectivity index (χ2v) is 6.66. The van der Waals surface area contributed by atoms with Gasteiger partial charge in [0.2, 0.25) is 0 Å². The van der Waals surface area contributed by atoms with Crippen molar-refractivity contribution in [1.82, 2.24) is 20.0 Å². The zero-order valence-electron chi connectivity index (χ0n) is 12.4. The van der Waals surface area contributed by atoms with Gasteiger partial charge in [0.05, 0.1) is 0 Å². The molecule has 0 aromatic heterocycles. The van der Waals surface area contributed by atoms with E-state index in [-0.39, 0.29) is 0 Å². The summed E-state index contributed by atoms with van der Waals surface area (Å²) in [5, 5.41) is 3.50. The molecule has 4 nitrogen and oxygen atoms in total. The van der Waals surface area contributed by atoms with Crippen molar-refractivity contribution in [3.8, 4) is 0 Å². The molecule has 1 N–H and O–H groups in total. The molecule has 1 atom stereocenters. The van der Waals surface area contributed by atoms with Crippen LogP contribution in [0, 0.1) is 5.41 Å². The van der Waals surface area contributed by atoms with Crippen LogP contribution in [0.5, 0.6) is 0 Å². The fourth-order valence-electron chi connectivity index (χ4n) is 3.06. The summed E-state index contributed by atoms with van der Waals surface area (Å²) in [6, 6.07) is 0. The van der Waals surface area contributed by atoms with Gasteiger partial charge in [-0.2, -0.15) is 0 Å². The van der Waals surface area contributed by atoms with Gasteiger partial charge in [-0.3, -0.25) is 4.90 Å². The van der Waals surface area contributed by atoms with E-state index in [0.717, 1.165) is 0 Å². The van der Waals surface area contributed by atoms with Gasteiger partial charge in [0.25, 0.3) is 0 Å². The quantitative estimate of drug-likeness (QED) is 0.755. The highest BCUT2D eigenvalue weighted by atomic mass is 15.3. The van der Waals surface area contributed by atoms with Gasteiger partial charge in [0.15, 0.2) is 0 Å². The molecule has 0 aromatic rings. The van der Waals surface area contributed by atoms with Crippen molar-refractivity contribution in [2.24, 2.45) is 5.41 Å². The van der Waals surface area contributed by atoms with Crippen LogP contribution in [0.25, 0.3) is 0 Å². The van der Waals surface area contributed by atoms with Crippen molar-refractivity contribution < 1.29 is 0 Å². The Bertz CT molecular complexity index is 240. The first kappa shape index (κ1) is 14.3. The van der Waals surface area contributed by atoms with Crippen LogP contribution in [-0.2, 0) is 0 Å². The summed E-state index contributed by atoms with van der Waals surface area (Å²) in [5.41, 5.74) is 0.520. The second kappa shape index (κ2) is 6.33. The average molecular weight is 254 g/mol. The van der Waals surface area contributed by atoms with Crippen LogP contribution in [0.4, 0.5) is 0 Å². The van der Waals surface area contributed by atoms with Crippen LogP contribution in [0.2, 0.25) is 0 Å². The molecular formula is C14H30N4. The molecular weight excluding hydrogens is 224 g/mol. The lowest BCUT2D eigenvalue weighted by molar-refractivity contribution is 0.0932. The van der Waals surface area contributed by atoms with E-state index in [0.29, 0.717) is 5.41 Å². The number of hydrogen-bond donors (Lipinski definition) is 1. The summed E-state index contributed by atoms with van der Waals surface area (Å²) in [6.07, 6.45) is 1.34. The minimum Gasteiger partial charge on any atom is -0.316 e. The Balaban J connectivity index is 1.67. The van der Waals surface area contributed by atoms with Gasteiger partial charge < -0.3 is 15.1 Å². The number of piperazine rings is 1. The van der Waals surface area contributed by atoms with Gasteiger partial charge in [-0.15, -0.1) is 0 Å². The van der Waals surface area contributed by atoms with E-state index in [4.69, 9.17) is 0 Å². The lowest BCUT2D eigenvalue weighted by Crippen LogP contribution is -2.50. The summed E-state index contributed by atoms with van der Waals surface area (Å²) in [6.45, 7) is 13.5. The smallest absolute Gasteiger partial charge is 0.0110 e. The van der Waals surface area contributed by atoms with Crippen LogP contribution in [0.3, 0.4) is 0 Å². The van der Waals surface area contributed by atoms with Crippen molar-refractivity contribution >= 4 is 0 Å². The van der Waals surface area contributed by atoms with Crippen molar-refractivity contribution in [2.75, 3.05) is 73.0 Å². The Labute approximate surface area is 112 Å². The van der Waals surface area contributed by atoms with Crippen LogP contribution in [-0.4, -0.2) is 87.7 Å². The Kier molecular flexibility index (Phi) is 5.01. The lowest BCUT2D eigenvalue weighted by Gasteiger charge is -2.39. The molecule has 0 radical (unpaired) electrons. The molecule has 0 saturated carbocycles. The number of nitrogens with one attached hydrogen (secondary N) is 1. The van der Waals surface area contributed by atoms with Gasteiger partial charge in [0.1, 0.15) is 0 Å². The van der Waals surface area contributed by atoms with E-state index in [9.17, 15) is 0 Å². The maximum atomic E-state index is 3.50. The van der Waals surface area contributed by atoms with Gasteiger partial charge in [0, 0.05) is 52.4 Å². The maximum Gasteiger partial charge on any atom is 0.0110 e. The molecule has 2 saturated heterocycles. The molecule has 2 aliphatic rings. The van der Waals surface area contributed by atoms with Crippen LogP contribution >= 0.6 is 0 Å². The molecule has 0 aliphatic carbocycles. The summed E-state index contributed by atoms with van der Waals surface area (Å²) in [4.78, 5) is 7.54. The van der Waals surface area contributed by atoms with Gasteiger partial charge >= 0.3 is 0 Å². The first-order chi connectivity index (χ1) is 8.57. The Morgan fingerprint density at radius 2 is 1.78 bits per heavy atom. The predicted molar refractivity (Wildman–Crippen MR) is 77.0 cm³/mol. The molecule has 4 heteroatoms. The number of hydrogen-bond acceptors (Lipinski definition) is 4. The molecule has 0 bridgehead atoms. The summed E-state index contributed by atoms with van der Waals surface area (Å²) >= 11 is 0. The minimum atomic E-state index is 0.520. The van der Waals surface area contributed by atoms with Crippen molar-refractivity contribution in [2.45, 2.75) is 13.3 Å². The monoisotopic (exact) mass is 254 g/mol. The molecule has 0 aromatic carbocycles. The fraction of sp³-hybridized carbons (Fsp3) is 1.00. The fourth-order valence-corrected chi connectivity index (χ4v) is 3.06. The minimum absolute atomic E-state index is 0.520. The first-order valence-electron chi connectivity index (χ1n) is 7.38. The van der Waals surface area contributed by atoms with E-state index >= 15 is 0 Å². The van der Waals surface area contributed by atoms with Crippen molar-refractivity contribution in [3.63, 3.8) is 0 Å². The Morgan fingerprint density at radius 1 is 1.11 bits per heavy atom. The Hall–Kier alpha value is -0.160. The van der Waals surface area contributed by atoms with E-state index < -0.39 is 0 Å². The molecule has 0 amide bonds. The van der Waals surface area contributed by atoms with Crippen molar-refractivity contribution in [3.05, 3.63) is 0 Å². The molecule has 2 aliphatic heterocycles. The number of rotatable bonds is 5. The van der Waals surface area contributed by atoms with Gasteiger partial charge in [-0.05, 0) is 32.5 Å². The molecule has 106 valence electrons. The lowest BCUT2D eigenvalue weighted by atomic mass is 9.89. The highest BCUT2D eigenvalue weighted by Gasteiger charge is 2.31. The molecule has 2 fully saturated rings. The average Bonchev–Trinajstić information content (AvgIpc) is 2.75. The zero-order valence-corrected chi connectivity index (χ0v) is 12.4. The van der Waals surface area contributed by atoms with E-state index in [1.54, 1.807) is 0 Å². The third-order valence-electron chi connectivity index (χ3n) is 4.39. The predicted octanol–water partition coefficient (Wildman–Crippen LogP) is 0.165.